The van der Waals surface area contributed by atoms with Crippen molar-refractivity contribution in [2.24, 2.45) is 0 Å². The van der Waals surface area contributed by atoms with Crippen molar-refractivity contribution >= 4 is 11.3 Å². The fourth-order valence-corrected chi connectivity index (χ4v) is 4.05. The van der Waals surface area contributed by atoms with Gasteiger partial charge in [-0.1, -0.05) is 6.92 Å². The van der Waals surface area contributed by atoms with Gasteiger partial charge < -0.3 is 5.73 Å². The van der Waals surface area contributed by atoms with E-state index in [1.807, 2.05) is 0 Å². The molecule has 4 heterocycles. The fraction of sp³-hybridized carbons (Fsp3) is 0.130. The van der Waals surface area contributed by atoms with Gasteiger partial charge in [-0.25, -0.2) is 32.9 Å². The third-order valence-corrected chi connectivity index (χ3v) is 5.76. The minimum Gasteiger partial charge on any atom is -0.382 e. The number of nitrogen functional groups attached to an aromatic ring is 1. The van der Waals surface area contributed by atoms with Crippen molar-refractivity contribution < 1.29 is 22.0 Å². The summed E-state index contributed by atoms with van der Waals surface area (Å²) in [5.74, 6) is -3.51. The number of nitriles is 1. The second-order valence-electron chi connectivity index (χ2n) is 7.98. The summed E-state index contributed by atoms with van der Waals surface area (Å²) in [6, 6.07) is 5.13. The minimum absolute atomic E-state index is 0.00883. The highest BCUT2D eigenvalue weighted by molar-refractivity contribution is 5.92. The molecule has 0 bridgehead atoms. The number of benzene rings is 1. The molecule has 2 N–H and O–H groups in total. The molecule has 0 aliphatic heterocycles. The Morgan fingerprint density at radius 2 is 1.78 bits per heavy atom. The fourth-order valence-electron chi connectivity index (χ4n) is 4.05. The van der Waals surface area contributed by atoms with Crippen LogP contribution in [0.5, 0.6) is 0 Å². The smallest absolute Gasteiger partial charge is 0.382 e. The van der Waals surface area contributed by atoms with Crippen LogP contribution < -0.4 is 5.73 Å². The first-order valence-corrected chi connectivity index (χ1v) is 10.5. The van der Waals surface area contributed by atoms with Gasteiger partial charge in [0.2, 0.25) is 5.82 Å². The molecule has 5 rings (SSSR count). The molecule has 0 aliphatic carbocycles. The Bertz CT molecular complexity index is 1680. The third kappa shape index (κ3) is 3.99. The van der Waals surface area contributed by atoms with Gasteiger partial charge in [-0.2, -0.15) is 28.6 Å². The number of anilines is 1. The first kappa shape index (κ1) is 23.8. The van der Waals surface area contributed by atoms with Crippen molar-refractivity contribution in [3.63, 3.8) is 0 Å². The lowest BCUT2D eigenvalue weighted by atomic mass is 9.95. The largest absolute Gasteiger partial charge is 0.451 e. The predicted octanol–water partition coefficient (Wildman–Crippen LogP) is 4.27. The molecular weight excluding hydrogens is 497 g/mol. The molecule has 0 fully saturated rings. The van der Waals surface area contributed by atoms with E-state index in [9.17, 15) is 27.2 Å². The number of rotatable bonds is 4. The molecule has 0 spiro atoms. The Kier molecular flexibility index (Phi) is 5.55. The number of nitrogens with two attached hydrogens (primary N) is 1. The van der Waals surface area contributed by atoms with Gasteiger partial charge in [-0.05, 0) is 17.7 Å². The van der Waals surface area contributed by atoms with E-state index in [0.29, 0.717) is 11.3 Å². The van der Waals surface area contributed by atoms with Gasteiger partial charge in [0.1, 0.15) is 29.4 Å². The first-order chi connectivity index (χ1) is 17.6. The summed E-state index contributed by atoms with van der Waals surface area (Å²) in [6.45, 7) is 1.73. The summed E-state index contributed by atoms with van der Waals surface area (Å²) in [6.07, 6.45) is 1.27. The van der Waals surface area contributed by atoms with Crippen molar-refractivity contribution in [2.45, 2.75) is 19.0 Å². The van der Waals surface area contributed by atoms with Crippen LogP contribution in [0.25, 0.3) is 22.3 Å². The lowest BCUT2D eigenvalue weighted by Crippen LogP contribution is -2.10. The Hall–Kier alpha value is -4.93. The van der Waals surface area contributed by atoms with Crippen LogP contribution in [-0.2, 0) is 6.18 Å². The number of hydrogen-bond acceptors (Lipinski definition) is 7. The monoisotopic (exact) mass is 511 g/mol. The van der Waals surface area contributed by atoms with Crippen molar-refractivity contribution in [1.29, 1.82) is 5.26 Å². The topological polar surface area (TPSA) is 124 Å². The molecule has 4 aromatic heterocycles. The normalized spacial score (nSPS) is 12.6. The molecule has 0 radical (unpaired) electrons. The maximum absolute atomic E-state index is 14.3. The number of nitrogens with zero attached hydrogens (tertiary/aromatic N) is 8. The van der Waals surface area contributed by atoms with Crippen LogP contribution >= 0.6 is 0 Å². The van der Waals surface area contributed by atoms with E-state index in [-0.39, 0.29) is 33.7 Å². The Morgan fingerprint density at radius 1 is 1.05 bits per heavy atom. The number of hydrogen-bond donors (Lipinski definition) is 1. The molecule has 0 unspecified atom stereocenters. The SMILES string of the molecule is C[C@H](c1cnn(-c2ccc(F)cc2F)c1)c1c(C#N)c(-c2cnc(C(F)(F)F)nc2)c2c(N)ncnn12. The van der Waals surface area contributed by atoms with E-state index in [4.69, 9.17) is 5.73 Å². The van der Waals surface area contributed by atoms with E-state index in [1.165, 1.54) is 34.0 Å². The molecule has 0 aliphatic rings. The zero-order valence-electron chi connectivity index (χ0n) is 18.7. The maximum atomic E-state index is 14.3. The summed E-state index contributed by atoms with van der Waals surface area (Å²) in [5, 5.41) is 18.5. The van der Waals surface area contributed by atoms with E-state index in [2.05, 4.69) is 31.2 Å². The molecule has 0 saturated carbocycles. The van der Waals surface area contributed by atoms with Crippen molar-refractivity contribution in [3.8, 4) is 22.9 Å². The van der Waals surface area contributed by atoms with E-state index in [1.54, 1.807) is 6.92 Å². The quantitative estimate of drug-likeness (QED) is 0.357. The summed E-state index contributed by atoms with van der Waals surface area (Å²) in [4.78, 5) is 10.7. The molecule has 9 nitrogen and oxygen atoms in total. The second kappa shape index (κ2) is 8.63. The molecule has 0 saturated heterocycles. The number of halogens is 5. The zero-order valence-corrected chi connectivity index (χ0v) is 18.7. The Morgan fingerprint density at radius 3 is 2.43 bits per heavy atom. The lowest BCUT2D eigenvalue weighted by molar-refractivity contribution is -0.144. The average molecular weight is 511 g/mol. The van der Waals surface area contributed by atoms with Gasteiger partial charge in [0.15, 0.2) is 11.6 Å². The van der Waals surface area contributed by atoms with Crippen LogP contribution in [0.4, 0.5) is 27.8 Å². The maximum Gasteiger partial charge on any atom is 0.451 e. The summed E-state index contributed by atoms with van der Waals surface area (Å²) in [5.41, 5.74) is 7.47. The first-order valence-electron chi connectivity index (χ1n) is 10.5. The minimum atomic E-state index is -4.74. The van der Waals surface area contributed by atoms with Gasteiger partial charge in [0.05, 0.1) is 17.5 Å². The van der Waals surface area contributed by atoms with Crippen LogP contribution in [0.15, 0.2) is 49.3 Å². The van der Waals surface area contributed by atoms with Gasteiger partial charge in [0.25, 0.3) is 0 Å². The lowest BCUT2D eigenvalue weighted by Gasteiger charge is -2.10. The molecule has 1 aromatic carbocycles. The van der Waals surface area contributed by atoms with Gasteiger partial charge in [-0.15, -0.1) is 0 Å². The van der Waals surface area contributed by atoms with Crippen LogP contribution in [-0.4, -0.2) is 34.3 Å². The van der Waals surface area contributed by atoms with Gasteiger partial charge >= 0.3 is 6.18 Å². The van der Waals surface area contributed by atoms with Crippen molar-refractivity contribution in [2.75, 3.05) is 5.73 Å². The highest BCUT2D eigenvalue weighted by atomic mass is 19.4. The van der Waals surface area contributed by atoms with E-state index in [0.717, 1.165) is 24.5 Å². The molecule has 1 atom stereocenters. The predicted molar refractivity (Wildman–Crippen MR) is 119 cm³/mol. The molecule has 0 amide bonds. The molecule has 14 heteroatoms. The summed E-state index contributed by atoms with van der Waals surface area (Å²) >= 11 is 0. The van der Waals surface area contributed by atoms with Crippen molar-refractivity contribution in [3.05, 3.63) is 83.6 Å². The summed E-state index contributed by atoms with van der Waals surface area (Å²) in [7, 11) is 0. The highest BCUT2D eigenvalue weighted by Gasteiger charge is 2.35. The van der Waals surface area contributed by atoms with Crippen LogP contribution in [0, 0.1) is 23.0 Å². The van der Waals surface area contributed by atoms with Gasteiger partial charge in [0, 0.05) is 41.7 Å². The standard InChI is InChI=1S/C23H14F5N9/c1-11(13-8-34-36(9-13)17-3-2-14(24)4-16(17)25)19-15(5-29)18(20-21(30)33-10-35-37(19)20)12-6-31-22(32-7-12)23(26,27)28/h2-4,6-11H,1H3,(H2,30,33,35)/t11-/m1/s1. The molecule has 37 heavy (non-hydrogen) atoms. The molecule has 186 valence electrons. The highest BCUT2D eigenvalue weighted by Crippen LogP contribution is 2.39. The van der Waals surface area contributed by atoms with E-state index < -0.39 is 29.6 Å². The zero-order chi connectivity index (χ0) is 26.5. The van der Waals surface area contributed by atoms with E-state index >= 15 is 0 Å². The summed E-state index contributed by atoms with van der Waals surface area (Å²) < 4.78 is 69.1. The van der Waals surface area contributed by atoms with Crippen LogP contribution in [0.1, 0.15) is 35.5 Å². The van der Waals surface area contributed by atoms with Crippen LogP contribution in [0.3, 0.4) is 0 Å². The van der Waals surface area contributed by atoms with Crippen LogP contribution in [0.2, 0.25) is 0 Å². The Balaban J connectivity index is 1.67. The number of alkyl halides is 3. The number of aromatic nitrogens is 7. The number of fused-ring (bicyclic) bond motifs is 1. The average Bonchev–Trinajstić information content (AvgIpc) is 3.47. The van der Waals surface area contributed by atoms with Gasteiger partial charge in [-0.3, -0.25) is 0 Å². The third-order valence-electron chi connectivity index (χ3n) is 5.76. The van der Waals surface area contributed by atoms with Crippen molar-refractivity contribution in [1.82, 2.24) is 34.3 Å². The molecule has 5 aromatic rings. The second-order valence-corrected chi connectivity index (χ2v) is 7.98. The Labute approximate surface area is 204 Å². The molecular formula is C23H14F5N9.